The SMILES string of the molecule is CN1CCC(=O)CC1.CN1CCC2(CC1)OC(=O)c1ccc(F)cc12.O=C(O)c1ccc(F)cc1Br. The number of carbonyl (C=O) groups excluding carboxylic acids is 2. The zero-order valence-electron chi connectivity index (χ0n) is 20.2. The van der Waals surface area contributed by atoms with Gasteiger partial charge in [-0.25, -0.2) is 18.4 Å². The van der Waals surface area contributed by atoms with E-state index in [1.165, 1.54) is 24.3 Å². The maximum absolute atomic E-state index is 13.3. The van der Waals surface area contributed by atoms with Crippen molar-refractivity contribution in [3.8, 4) is 0 Å². The number of esters is 1. The summed E-state index contributed by atoms with van der Waals surface area (Å²) in [6.07, 6.45) is 3.00. The van der Waals surface area contributed by atoms with Gasteiger partial charge in [-0.1, -0.05) is 0 Å². The highest BCUT2D eigenvalue weighted by molar-refractivity contribution is 9.10. The van der Waals surface area contributed by atoms with Crippen LogP contribution in [0.5, 0.6) is 0 Å². The fourth-order valence-electron chi connectivity index (χ4n) is 4.24. The smallest absolute Gasteiger partial charge is 0.339 e. The van der Waals surface area contributed by atoms with Crippen molar-refractivity contribution in [2.75, 3.05) is 40.3 Å². The number of piperidine rings is 2. The third kappa shape index (κ3) is 6.96. The number of ether oxygens (including phenoxy) is 1. The fourth-order valence-corrected chi connectivity index (χ4v) is 4.76. The average Bonchev–Trinajstić information content (AvgIpc) is 3.09. The third-order valence-corrected chi connectivity index (χ3v) is 7.14. The van der Waals surface area contributed by atoms with Crippen molar-refractivity contribution in [3.63, 3.8) is 0 Å². The molecule has 10 heteroatoms. The molecule has 1 N–H and O–H groups in total. The zero-order chi connectivity index (χ0) is 26.5. The Morgan fingerprint density at radius 1 is 0.944 bits per heavy atom. The van der Waals surface area contributed by atoms with Crippen LogP contribution in [0.2, 0.25) is 0 Å². The number of hydrogen-bond donors (Lipinski definition) is 1. The van der Waals surface area contributed by atoms with Gasteiger partial charge in [-0.2, -0.15) is 0 Å². The van der Waals surface area contributed by atoms with Crippen molar-refractivity contribution in [3.05, 3.63) is 69.2 Å². The van der Waals surface area contributed by atoms with Crippen molar-refractivity contribution in [1.29, 1.82) is 0 Å². The first-order valence-electron chi connectivity index (χ1n) is 11.6. The van der Waals surface area contributed by atoms with Gasteiger partial charge in [-0.15, -0.1) is 0 Å². The van der Waals surface area contributed by atoms with Gasteiger partial charge >= 0.3 is 11.9 Å². The molecule has 194 valence electrons. The van der Waals surface area contributed by atoms with Gasteiger partial charge < -0.3 is 19.6 Å². The lowest BCUT2D eigenvalue weighted by Crippen LogP contribution is -2.41. The average molecular weight is 567 g/mol. The maximum Gasteiger partial charge on any atom is 0.339 e. The number of nitrogens with zero attached hydrogens (tertiary/aromatic N) is 2. The molecule has 0 aliphatic carbocycles. The maximum atomic E-state index is 13.3. The third-order valence-electron chi connectivity index (χ3n) is 6.48. The second-order valence-electron chi connectivity index (χ2n) is 9.15. The molecule has 2 saturated heterocycles. The zero-order valence-corrected chi connectivity index (χ0v) is 21.8. The van der Waals surface area contributed by atoms with Crippen LogP contribution in [0.15, 0.2) is 40.9 Å². The summed E-state index contributed by atoms with van der Waals surface area (Å²) in [4.78, 5) is 37.1. The summed E-state index contributed by atoms with van der Waals surface area (Å²) in [6.45, 7) is 3.64. The van der Waals surface area contributed by atoms with Crippen LogP contribution in [0, 0.1) is 11.6 Å². The highest BCUT2D eigenvalue weighted by atomic mass is 79.9. The Morgan fingerprint density at radius 3 is 2.06 bits per heavy atom. The molecule has 2 aromatic rings. The molecule has 5 rings (SSSR count). The number of ketones is 1. The number of hydrogen-bond acceptors (Lipinski definition) is 6. The van der Waals surface area contributed by atoms with Crippen LogP contribution in [0.3, 0.4) is 0 Å². The van der Waals surface area contributed by atoms with E-state index in [1.54, 1.807) is 0 Å². The van der Waals surface area contributed by atoms with Gasteiger partial charge in [0.15, 0.2) is 0 Å². The van der Waals surface area contributed by atoms with E-state index in [1.807, 2.05) is 14.1 Å². The summed E-state index contributed by atoms with van der Waals surface area (Å²) in [7, 11) is 4.09. The Hall–Kier alpha value is -2.69. The molecule has 0 bridgehead atoms. The second kappa shape index (κ2) is 12.0. The molecule has 3 heterocycles. The molecule has 3 aliphatic heterocycles. The van der Waals surface area contributed by atoms with E-state index in [0.717, 1.165) is 69.6 Å². The Morgan fingerprint density at radius 2 is 1.50 bits per heavy atom. The summed E-state index contributed by atoms with van der Waals surface area (Å²) in [5.74, 6) is -1.73. The first-order chi connectivity index (χ1) is 17.0. The van der Waals surface area contributed by atoms with E-state index < -0.39 is 17.4 Å². The molecule has 0 unspecified atom stereocenters. The molecule has 2 fully saturated rings. The summed E-state index contributed by atoms with van der Waals surface area (Å²) in [5.41, 5.74) is 0.735. The van der Waals surface area contributed by atoms with Crippen LogP contribution in [-0.2, 0) is 15.1 Å². The minimum absolute atomic E-state index is 0.0615. The van der Waals surface area contributed by atoms with E-state index in [-0.39, 0.29) is 21.8 Å². The van der Waals surface area contributed by atoms with Crippen molar-refractivity contribution in [2.45, 2.75) is 31.3 Å². The highest BCUT2D eigenvalue weighted by Crippen LogP contribution is 2.44. The lowest BCUT2D eigenvalue weighted by Gasteiger charge is -2.36. The van der Waals surface area contributed by atoms with Crippen LogP contribution in [0.25, 0.3) is 0 Å². The van der Waals surface area contributed by atoms with E-state index in [2.05, 4.69) is 25.7 Å². The first kappa shape index (κ1) is 27.9. The topological polar surface area (TPSA) is 87.2 Å². The lowest BCUT2D eigenvalue weighted by atomic mass is 9.84. The lowest BCUT2D eigenvalue weighted by molar-refractivity contribution is -0.121. The number of benzene rings is 2. The summed E-state index contributed by atoms with van der Waals surface area (Å²) in [6, 6.07) is 7.72. The Balaban J connectivity index is 0.000000164. The highest BCUT2D eigenvalue weighted by Gasteiger charge is 2.47. The largest absolute Gasteiger partial charge is 0.478 e. The summed E-state index contributed by atoms with van der Waals surface area (Å²) in [5, 5.41) is 8.50. The minimum atomic E-state index is -1.07. The minimum Gasteiger partial charge on any atom is -0.478 e. The molecular weight excluding hydrogens is 538 g/mol. The van der Waals surface area contributed by atoms with Crippen LogP contribution >= 0.6 is 15.9 Å². The number of carboxylic acid groups (broad SMARTS) is 1. The van der Waals surface area contributed by atoms with Crippen LogP contribution in [0.4, 0.5) is 8.78 Å². The standard InChI is InChI=1S/C13H14FNO2.C7H4BrFO2.C6H11NO/c1-15-6-4-13(5-7-15)11-8-9(14)2-3-10(11)12(16)17-13;8-6-3-4(9)1-2-5(6)7(10)11;1-7-4-2-6(8)3-5-7/h2-3,8H,4-7H2,1H3;1-3H,(H,10,11);2-5H2,1H3. The molecule has 0 amide bonds. The summed E-state index contributed by atoms with van der Waals surface area (Å²) >= 11 is 2.93. The molecule has 0 radical (unpaired) electrons. The monoisotopic (exact) mass is 566 g/mol. The second-order valence-corrected chi connectivity index (χ2v) is 10.0. The number of rotatable bonds is 1. The number of carbonyl (C=O) groups is 3. The Bertz CT molecular complexity index is 1130. The van der Waals surface area contributed by atoms with Gasteiger partial charge in [-0.3, -0.25) is 4.79 Å². The van der Waals surface area contributed by atoms with Crippen molar-refractivity contribution < 1.29 is 33.0 Å². The first-order valence-corrected chi connectivity index (χ1v) is 12.4. The molecule has 36 heavy (non-hydrogen) atoms. The van der Waals surface area contributed by atoms with Gasteiger partial charge in [0.2, 0.25) is 0 Å². The van der Waals surface area contributed by atoms with Crippen molar-refractivity contribution >= 4 is 33.7 Å². The molecule has 1 spiro atoms. The normalized spacial score (nSPS) is 18.9. The molecular formula is C26H29BrF2N2O5. The number of carboxylic acids is 1. The molecule has 2 aromatic carbocycles. The van der Waals surface area contributed by atoms with Gasteiger partial charge in [0, 0.05) is 61.9 Å². The molecule has 0 aromatic heterocycles. The molecule has 0 saturated carbocycles. The number of fused-ring (bicyclic) bond motifs is 2. The van der Waals surface area contributed by atoms with Crippen molar-refractivity contribution in [2.24, 2.45) is 0 Å². The van der Waals surface area contributed by atoms with E-state index in [9.17, 15) is 23.2 Å². The number of likely N-dealkylation sites (tertiary alicyclic amines) is 2. The van der Waals surface area contributed by atoms with E-state index in [0.29, 0.717) is 11.3 Å². The number of aromatic carboxylic acids is 1. The fraction of sp³-hybridized carbons (Fsp3) is 0.423. The Labute approximate surface area is 217 Å². The summed E-state index contributed by atoms with van der Waals surface area (Å²) < 4.78 is 31.5. The van der Waals surface area contributed by atoms with Crippen LogP contribution in [-0.4, -0.2) is 72.9 Å². The van der Waals surface area contributed by atoms with E-state index in [4.69, 9.17) is 9.84 Å². The van der Waals surface area contributed by atoms with Gasteiger partial charge in [0.05, 0.1) is 11.1 Å². The van der Waals surface area contributed by atoms with Gasteiger partial charge in [0.25, 0.3) is 0 Å². The van der Waals surface area contributed by atoms with Crippen LogP contribution < -0.4 is 0 Å². The predicted octanol–water partition coefficient (Wildman–Crippen LogP) is 4.48. The van der Waals surface area contributed by atoms with Crippen molar-refractivity contribution in [1.82, 2.24) is 9.80 Å². The van der Waals surface area contributed by atoms with Gasteiger partial charge in [0.1, 0.15) is 23.0 Å². The van der Waals surface area contributed by atoms with Gasteiger partial charge in [-0.05, 0) is 66.4 Å². The molecule has 3 aliphatic rings. The number of Topliss-reactive ketones (excluding diaryl/α,β-unsaturated/α-hetero) is 1. The van der Waals surface area contributed by atoms with Crippen LogP contribution in [0.1, 0.15) is 52.0 Å². The predicted molar refractivity (Wildman–Crippen MR) is 133 cm³/mol. The molecule has 7 nitrogen and oxygen atoms in total. The quantitative estimate of drug-likeness (QED) is 0.509. The van der Waals surface area contributed by atoms with E-state index >= 15 is 0 Å². The number of halogens is 3. The molecule has 0 atom stereocenters. The Kier molecular flexibility index (Phi) is 9.32.